The average molecular weight is 299 g/mol. The summed E-state index contributed by atoms with van der Waals surface area (Å²) < 4.78 is 15.8. The van der Waals surface area contributed by atoms with Crippen LogP contribution in [0.3, 0.4) is 0 Å². The Bertz CT molecular complexity index is 677. The van der Waals surface area contributed by atoms with Gasteiger partial charge in [0.05, 0.1) is 19.9 Å². The van der Waals surface area contributed by atoms with Crippen LogP contribution in [-0.4, -0.2) is 26.9 Å². The highest BCUT2D eigenvalue weighted by molar-refractivity contribution is 5.91. The quantitative estimate of drug-likeness (QED) is 0.872. The summed E-state index contributed by atoms with van der Waals surface area (Å²) in [5.41, 5.74) is 2.06. The SMILES string of the molecule is COc1cc(OC)cc(OC(=O)N2CCc3ccccc32)c1. The predicted molar refractivity (Wildman–Crippen MR) is 83.1 cm³/mol. The van der Waals surface area contributed by atoms with Crippen molar-refractivity contribution in [1.29, 1.82) is 0 Å². The summed E-state index contributed by atoms with van der Waals surface area (Å²) in [4.78, 5) is 14.0. The molecule has 5 heteroatoms. The van der Waals surface area contributed by atoms with E-state index in [0.29, 0.717) is 23.8 Å². The Kier molecular flexibility index (Phi) is 3.87. The molecule has 1 heterocycles. The van der Waals surface area contributed by atoms with Crippen LogP contribution in [-0.2, 0) is 6.42 Å². The number of methoxy groups -OCH3 is 2. The Morgan fingerprint density at radius 2 is 1.64 bits per heavy atom. The van der Waals surface area contributed by atoms with Gasteiger partial charge in [-0.15, -0.1) is 0 Å². The highest BCUT2D eigenvalue weighted by Gasteiger charge is 2.25. The lowest BCUT2D eigenvalue weighted by atomic mass is 10.2. The maximum Gasteiger partial charge on any atom is 0.419 e. The van der Waals surface area contributed by atoms with Crippen molar-refractivity contribution in [3.05, 3.63) is 48.0 Å². The molecule has 1 aliphatic heterocycles. The Morgan fingerprint density at radius 1 is 1.00 bits per heavy atom. The van der Waals surface area contributed by atoms with E-state index in [9.17, 15) is 4.79 Å². The van der Waals surface area contributed by atoms with E-state index in [1.807, 2.05) is 24.3 Å². The van der Waals surface area contributed by atoms with Gasteiger partial charge in [-0.1, -0.05) is 18.2 Å². The molecule has 114 valence electrons. The minimum Gasteiger partial charge on any atom is -0.496 e. The number of benzene rings is 2. The first-order chi connectivity index (χ1) is 10.7. The number of amides is 1. The fourth-order valence-electron chi connectivity index (χ4n) is 2.52. The molecule has 0 saturated carbocycles. The molecule has 22 heavy (non-hydrogen) atoms. The molecule has 0 aromatic heterocycles. The smallest absolute Gasteiger partial charge is 0.419 e. The second-order valence-corrected chi connectivity index (χ2v) is 4.95. The van der Waals surface area contributed by atoms with Crippen LogP contribution in [0.4, 0.5) is 10.5 Å². The molecule has 2 aromatic rings. The molecule has 0 unspecified atom stereocenters. The Morgan fingerprint density at radius 3 is 2.32 bits per heavy atom. The first kappa shape index (κ1) is 14.3. The van der Waals surface area contributed by atoms with E-state index >= 15 is 0 Å². The van der Waals surface area contributed by atoms with Crippen LogP contribution >= 0.6 is 0 Å². The van der Waals surface area contributed by atoms with Crippen LogP contribution in [0.15, 0.2) is 42.5 Å². The number of para-hydroxylation sites is 1. The van der Waals surface area contributed by atoms with Gasteiger partial charge in [0.1, 0.15) is 17.2 Å². The Balaban J connectivity index is 1.81. The first-order valence-corrected chi connectivity index (χ1v) is 7.01. The van der Waals surface area contributed by atoms with Gasteiger partial charge in [0.15, 0.2) is 0 Å². The van der Waals surface area contributed by atoms with E-state index in [4.69, 9.17) is 14.2 Å². The number of fused-ring (bicyclic) bond motifs is 1. The van der Waals surface area contributed by atoms with Crippen LogP contribution in [0.25, 0.3) is 0 Å². The molecule has 0 saturated heterocycles. The van der Waals surface area contributed by atoms with Gasteiger partial charge in [0.2, 0.25) is 0 Å². The number of hydrogen-bond acceptors (Lipinski definition) is 4. The molecule has 0 bridgehead atoms. The fourth-order valence-corrected chi connectivity index (χ4v) is 2.52. The predicted octanol–water partition coefficient (Wildman–Crippen LogP) is 3.27. The summed E-state index contributed by atoms with van der Waals surface area (Å²) in [5.74, 6) is 1.54. The largest absolute Gasteiger partial charge is 0.496 e. The highest BCUT2D eigenvalue weighted by Crippen LogP contribution is 2.31. The maximum atomic E-state index is 12.4. The zero-order valence-corrected chi connectivity index (χ0v) is 12.5. The highest BCUT2D eigenvalue weighted by atomic mass is 16.6. The molecule has 1 amide bonds. The van der Waals surface area contributed by atoms with Gasteiger partial charge < -0.3 is 14.2 Å². The van der Waals surface area contributed by atoms with Gasteiger partial charge in [-0.05, 0) is 18.1 Å². The summed E-state index contributed by atoms with van der Waals surface area (Å²) >= 11 is 0. The topological polar surface area (TPSA) is 48.0 Å². The molecular weight excluding hydrogens is 282 g/mol. The van der Waals surface area contributed by atoms with Crippen LogP contribution in [0, 0.1) is 0 Å². The summed E-state index contributed by atoms with van der Waals surface area (Å²) in [6.07, 6.45) is 0.437. The Hall–Kier alpha value is -2.69. The average Bonchev–Trinajstić information content (AvgIpc) is 2.98. The minimum absolute atomic E-state index is 0.394. The van der Waals surface area contributed by atoms with Crippen molar-refractivity contribution >= 4 is 11.8 Å². The number of carbonyl (C=O) groups excluding carboxylic acids is 1. The third-order valence-corrected chi connectivity index (χ3v) is 3.64. The molecule has 0 aliphatic carbocycles. The molecule has 0 N–H and O–H groups in total. The lowest BCUT2D eigenvalue weighted by Gasteiger charge is -2.17. The lowest BCUT2D eigenvalue weighted by Crippen LogP contribution is -2.31. The molecule has 3 rings (SSSR count). The zero-order valence-electron chi connectivity index (χ0n) is 12.5. The number of nitrogens with zero attached hydrogens (tertiary/aromatic N) is 1. The van der Waals surface area contributed by atoms with Gasteiger partial charge in [-0.3, -0.25) is 4.90 Å². The molecule has 0 spiro atoms. The normalized spacial score (nSPS) is 12.7. The summed E-state index contributed by atoms with van der Waals surface area (Å²) in [6.45, 7) is 0.624. The standard InChI is InChI=1S/C17H17NO4/c1-20-13-9-14(21-2)11-15(10-13)22-17(19)18-8-7-12-5-3-4-6-16(12)18/h3-6,9-11H,7-8H2,1-2H3. The van der Waals surface area contributed by atoms with Gasteiger partial charge in [0.25, 0.3) is 0 Å². The number of hydrogen-bond donors (Lipinski definition) is 0. The van der Waals surface area contributed by atoms with E-state index in [2.05, 4.69) is 0 Å². The number of carbonyl (C=O) groups is 1. The molecule has 0 fully saturated rings. The van der Waals surface area contributed by atoms with Crippen LogP contribution < -0.4 is 19.1 Å². The second kappa shape index (κ2) is 5.97. The van der Waals surface area contributed by atoms with Crippen molar-refractivity contribution in [2.75, 3.05) is 25.7 Å². The summed E-state index contributed by atoms with van der Waals surface area (Å²) in [5, 5.41) is 0. The van der Waals surface area contributed by atoms with E-state index in [1.165, 1.54) is 0 Å². The van der Waals surface area contributed by atoms with Crippen molar-refractivity contribution in [3.8, 4) is 17.2 Å². The summed E-state index contributed by atoms with van der Waals surface area (Å²) in [6, 6.07) is 12.9. The monoisotopic (exact) mass is 299 g/mol. The van der Waals surface area contributed by atoms with E-state index < -0.39 is 6.09 Å². The van der Waals surface area contributed by atoms with Gasteiger partial charge in [-0.25, -0.2) is 4.79 Å². The van der Waals surface area contributed by atoms with Gasteiger partial charge >= 0.3 is 6.09 Å². The molecule has 5 nitrogen and oxygen atoms in total. The maximum absolute atomic E-state index is 12.4. The minimum atomic E-state index is -0.403. The van der Waals surface area contributed by atoms with E-state index in [1.54, 1.807) is 37.3 Å². The number of rotatable bonds is 3. The molecule has 0 radical (unpaired) electrons. The number of ether oxygens (including phenoxy) is 3. The molecular formula is C17H17NO4. The third-order valence-electron chi connectivity index (χ3n) is 3.64. The zero-order chi connectivity index (χ0) is 15.5. The number of anilines is 1. The second-order valence-electron chi connectivity index (χ2n) is 4.95. The van der Waals surface area contributed by atoms with E-state index in [-0.39, 0.29) is 0 Å². The first-order valence-electron chi connectivity index (χ1n) is 7.01. The van der Waals surface area contributed by atoms with Crippen LogP contribution in [0.1, 0.15) is 5.56 Å². The Labute approximate surface area is 129 Å². The van der Waals surface area contributed by atoms with E-state index in [0.717, 1.165) is 17.7 Å². The van der Waals surface area contributed by atoms with Crippen molar-refractivity contribution < 1.29 is 19.0 Å². The van der Waals surface area contributed by atoms with Crippen molar-refractivity contribution in [1.82, 2.24) is 0 Å². The van der Waals surface area contributed by atoms with Crippen molar-refractivity contribution in [2.24, 2.45) is 0 Å². The fraction of sp³-hybridized carbons (Fsp3) is 0.235. The van der Waals surface area contributed by atoms with Crippen molar-refractivity contribution in [3.63, 3.8) is 0 Å². The third kappa shape index (κ3) is 2.70. The summed E-state index contributed by atoms with van der Waals surface area (Å²) in [7, 11) is 3.11. The lowest BCUT2D eigenvalue weighted by molar-refractivity contribution is 0.208. The molecule has 2 aromatic carbocycles. The molecule has 0 atom stereocenters. The van der Waals surface area contributed by atoms with Gasteiger partial charge in [0, 0.05) is 24.7 Å². The van der Waals surface area contributed by atoms with Crippen molar-refractivity contribution in [2.45, 2.75) is 6.42 Å². The van der Waals surface area contributed by atoms with Crippen LogP contribution in [0.2, 0.25) is 0 Å². The van der Waals surface area contributed by atoms with Gasteiger partial charge in [-0.2, -0.15) is 0 Å². The van der Waals surface area contributed by atoms with Crippen LogP contribution in [0.5, 0.6) is 17.2 Å². The molecule has 1 aliphatic rings.